The number of carboxylic acids is 1. The zero-order chi connectivity index (χ0) is 29.0. The van der Waals surface area contributed by atoms with E-state index in [1.54, 1.807) is 6.08 Å². The molecule has 0 aromatic carbocycles. The lowest BCUT2D eigenvalue weighted by Gasteiger charge is -2.38. The number of hydrogen-bond donors (Lipinski definition) is 6. The molecule has 1 fully saturated rings. The van der Waals surface area contributed by atoms with Crippen LogP contribution in [-0.4, -0.2) is 87.2 Å². The number of ether oxygens (including phenoxy) is 2. The maximum atomic E-state index is 12.3. The number of nitrogens with two attached hydrogens (primary N) is 1. The Balaban J connectivity index is 2.57. The van der Waals surface area contributed by atoms with Crippen LogP contribution in [0, 0.1) is 0 Å². The molecule has 1 aliphatic rings. The Morgan fingerprint density at radius 3 is 2.11 bits per heavy atom. The number of aliphatic hydroxyl groups is 3. The van der Waals surface area contributed by atoms with Gasteiger partial charge in [-0.3, -0.25) is 13.8 Å². The number of aliphatic hydroxyl groups excluding tert-OH is 3. The summed E-state index contributed by atoms with van der Waals surface area (Å²) in [5.41, 5.74) is 8.57. The van der Waals surface area contributed by atoms with E-state index in [-0.39, 0.29) is 6.61 Å². The largest absolute Gasteiger partial charge is 0.479 e. The number of amides is 1. The van der Waals surface area contributed by atoms with Crippen LogP contribution in [0.25, 0.3) is 0 Å². The van der Waals surface area contributed by atoms with Gasteiger partial charge in [0.25, 0.3) is 0 Å². The predicted molar refractivity (Wildman–Crippen MR) is 136 cm³/mol. The number of aliphatic carboxylic acids is 1. The third kappa shape index (κ3) is 12.3. The summed E-state index contributed by atoms with van der Waals surface area (Å²) in [7, 11) is -5.08. The van der Waals surface area contributed by atoms with Gasteiger partial charge in [-0.1, -0.05) is 34.9 Å². The lowest BCUT2D eigenvalue weighted by molar-refractivity contribution is -0.270. The molecule has 14 heteroatoms. The molecule has 0 spiro atoms. The minimum Gasteiger partial charge on any atom is -0.479 e. The third-order valence-corrected chi connectivity index (χ3v) is 6.55. The lowest BCUT2D eigenvalue weighted by atomic mass is 9.99. The van der Waals surface area contributed by atoms with Crippen LogP contribution in [-0.2, 0) is 32.7 Å². The van der Waals surface area contributed by atoms with E-state index >= 15 is 0 Å². The van der Waals surface area contributed by atoms with Crippen LogP contribution in [0.3, 0.4) is 0 Å². The van der Waals surface area contributed by atoms with E-state index in [0.717, 1.165) is 31.3 Å². The lowest BCUT2D eigenvalue weighted by Crippen LogP contribution is -2.61. The SMILES string of the molecule is CC(C)=CCC/C(C)=C/CC/C(C)=C\CO[C@H](COP(=O)(O)OC1OC(C(N)=O)C(O)[C@H](O)[C@H]1O)C(=O)O. The minimum atomic E-state index is -5.08. The van der Waals surface area contributed by atoms with Crippen molar-refractivity contribution in [2.45, 2.75) is 90.2 Å². The van der Waals surface area contributed by atoms with Crippen LogP contribution < -0.4 is 5.73 Å². The molecule has 1 heterocycles. The van der Waals surface area contributed by atoms with Gasteiger partial charge in [-0.05, 0) is 53.4 Å². The van der Waals surface area contributed by atoms with Gasteiger partial charge in [-0.15, -0.1) is 0 Å². The third-order valence-electron chi connectivity index (χ3n) is 5.60. The topological polar surface area (TPSA) is 215 Å². The van der Waals surface area contributed by atoms with Crippen LogP contribution in [0.2, 0.25) is 0 Å². The number of phosphoric acid groups is 1. The number of rotatable bonds is 16. The summed E-state index contributed by atoms with van der Waals surface area (Å²) >= 11 is 0. The zero-order valence-electron chi connectivity index (χ0n) is 22.1. The summed E-state index contributed by atoms with van der Waals surface area (Å²) in [6.45, 7) is 7.07. The van der Waals surface area contributed by atoms with Crippen molar-refractivity contribution in [3.8, 4) is 0 Å². The monoisotopic (exact) mass is 565 g/mol. The number of allylic oxidation sites excluding steroid dienone is 5. The van der Waals surface area contributed by atoms with E-state index in [0.29, 0.717) is 0 Å². The van der Waals surface area contributed by atoms with Crippen LogP contribution in [0.15, 0.2) is 34.9 Å². The van der Waals surface area contributed by atoms with Gasteiger partial charge in [0, 0.05) is 0 Å². The van der Waals surface area contributed by atoms with Crippen molar-refractivity contribution in [3.63, 3.8) is 0 Å². The molecule has 38 heavy (non-hydrogen) atoms. The molecule has 13 nitrogen and oxygen atoms in total. The first kappa shape index (κ1) is 34.1. The van der Waals surface area contributed by atoms with Crippen molar-refractivity contribution in [1.82, 2.24) is 0 Å². The first-order valence-corrected chi connectivity index (χ1v) is 13.6. The summed E-state index contributed by atoms with van der Waals surface area (Å²) in [5.74, 6) is -2.69. The second kappa shape index (κ2) is 16.2. The molecule has 0 aliphatic carbocycles. The van der Waals surface area contributed by atoms with Crippen molar-refractivity contribution < 1.29 is 58.0 Å². The van der Waals surface area contributed by atoms with Crippen LogP contribution in [0.5, 0.6) is 0 Å². The van der Waals surface area contributed by atoms with Crippen molar-refractivity contribution in [2.24, 2.45) is 5.73 Å². The highest BCUT2D eigenvalue weighted by Gasteiger charge is 2.49. The van der Waals surface area contributed by atoms with Gasteiger partial charge in [0.15, 0.2) is 18.5 Å². The highest BCUT2D eigenvalue weighted by molar-refractivity contribution is 7.47. The van der Waals surface area contributed by atoms with E-state index in [4.69, 9.17) is 15.2 Å². The molecule has 0 radical (unpaired) electrons. The average Bonchev–Trinajstić information content (AvgIpc) is 2.80. The molecule has 7 N–H and O–H groups in total. The van der Waals surface area contributed by atoms with Gasteiger partial charge in [0.05, 0.1) is 13.2 Å². The maximum absolute atomic E-state index is 12.3. The Morgan fingerprint density at radius 1 is 0.974 bits per heavy atom. The molecule has 0 bridgehead atoms. The molecule has 0 aromatic heterocycles. The predicted octanol–water partition coefficient (Wildman–Crippen LogP) is 1.30. The first-order valence-electron chi connectivity index (χ1n) is 12.1. The van der Waals surface area contributed by atoms with Gasteiger partial charge in [-0.2, -0.15) is 0 Å². The van der Waals surface area contributed by atoms with E-state index in [1.165, 1.54) is 11.1 Å². The van der Waals surface area contributed by atoms with Crippen molar-refractivity contribution in [3.05, 3.63) is 34.9 Å². The number of carbonyl (C=O) groups excluding carboxylic acids is 1. The molecular formula is C24H40NO12P. The molecule has 4 unspecified atom stereocenters. The van der Waals surface area contributed by atoms with Gasteiger partial charge < -0.3 is 40.5 Å². The summed E-state index contributed by atoms with van der Waals surface area (Å²) < 4.78 is 31.7. The normalized spacial score (nSPS) is 26.9. The molecule has 1 amide bonds. The van der Waals surface area contributed by atoms with Crippen molar-refractivity contribution in [2.75, 3.05) is 13.2 Å². The molecule has 1 rings (SSSR count). The minimum absolute atomic E-state index is 0.0964. The molecule has 218 valence electrons. The van der Waals surface area contributed by atoms with Gasteiger partial charge in [0.1, 0.15) is 18.3 Å². The van der Waals surface area contributed by atoms with Crippen LogP contribution >= 0.6 is 7.82 Å². The van der Waals surface area contributed by atoms with Crippen LogP contribution in [0.1, 0.15) is 53.4 Å². The highest BCUT2D eigenvalue weighted by Crippen LogP contribution is 2.46. The summed E-state index contributed by atoms with van der Waals surface area (Å²) in [5, 5.41) is 38.8. The van der Waals surface area contributed by atoms with E-state index in [2.05, 4.69) is 42.0 Å². The number of carbonyl (C=O) groups is 2. The number of primary amides is 1. The summed E-state index contributed by atoms with van der Waals surface area (Å²) in [6, 6.07) is 0. The zero-order valence-corrected chi connectivity index (χ0v) is 23.0. The van der Waals surface area contributed by atoms with Crippen LogP contribution in [0.4, 0.5) is 0 Å². The Labute approximate surface area is 222 Å². The fourth-order valence-corrected chi connectivity index (χ4v) is 4.15. The maximum Gasteiger partial charge on any atom is 0.474 e. The standard InChI is InChI=1S/C24H40NO12P/c1-14(2)7-5-8-15(3)9-6-10-16(4)11-12-34-17(23(30)31)13-35-38(32,33)37-24-20(28)18(26)19(27)21(36-24)22(25)29/h7,9,11,17-21,24,26-28H,5-6,8,10,12-13H2,1-4H3,(H2,25,29)(H,30,31)(H,32,33)/b15-9+,16-11-/t17-,18+,19?,20-,21?,24?/m1/s1. The van der Waals surface area contributed by atoms with E-state index < -0.39 is 63.1 Å². The number of carboxylic acid groups (broad SMARTS) is 1. The molecule has 0 aromatic rings. The molecular weight excluding hydrogens is 525 g/mol. The average molecular weight is 566 g/mol. The number of hydrogen-bond acceptors (Lipinski definition) is 10. The van der Waals surface area contributed by atoms with Gasteiger partial charge in [0.2, 0.25) is 5.91 Å². The Morgan fingerprint density at radius 2 is 1.55 bits per heavy atom. The second-order valence-electron chi connectivity index (χ2n) is 9.29. The quantitative estimate of drug-likeness (QED) is 0.115. The van der Waals surface area contributed by atoms with Crippen molar-refractivity contribution in [1.29, 1.82) is 0 Å². The Bertz CT molecular complexity index is 929. The van der Waals surface area contributed by atoms with E-state index in [9.17, 15) is 39.5 Å². The fraction of sp³-hybridized carbons (Fsp3) is 0.667. The van der Waals surface area contributed by atoms with E-state index in [1.807, 2.05) is 6.92 Å². The summed E-state index contributed by atoms with van der Waals surface area (Å²) in [4.78, 5) is 32.7. The number of phosphoric ester groups is 1. The smallest absolute Gasteiger partial charge is 0.474 e. The highest BCUT2D eigenvalue weighted by atomic mass is 31.2. The second-order valence-corrected chi connectivity index (χ2v) is 10.7. The van der Waals surface area contributed by atoms with Crippen molar-refractivity contribution >= 4 is 19.7 Å². The molecule has 1 saturated heterocycles. The van der Waals surface area contributed by atoms with Gasteiger partial charge in [-0.25, -0.2) is 9.36 Å². The molecule has 1 aliphatic heterocycles. The summed E-state index contributed by atoms with van der Waals surface area (Å²) in [6.07, 6.45) is -1.93. The van der Waals surface area contributed by atoms with Gasteiger partial charge >= 0.3 is 13.8 Å². The Kier molecular flexibility index (Phi) is 14.6. The molecule has 0 saturated carbocycles. The fourth-order valence-electron chi connectivity index (χ4n) is 3.33. The Hall–Kier alpha value is -1.93. The first-order chi connectivity index (χ1) is 17.6. The molecule has 7 atom stereocenters.